The fraction of sp³-hybridized carbons (Fsp3) is 0.167. The standard InChI is InChI=1S/C18H17N2S.HI/c1-19-10-11-20-16(15-9-12-21-13-15)7-8-17(20)18(19)14-5-3-2-4-6-14;/h2-9,12-13H,10-11H2,1H3;1H/q+1;/p-1. The van der Waals surface area contributed by atoms with Crippen molar-refractivity contribution < 1.29 is 28.6 Å². The van der Waals surface area contributed by atoms with Crippen molar-refractivity contribution in [1.29, 1.82) is 0 Å². The lowest BCUT2D eigenvalue weighted by atomic mass is 10.1. The molecule has 0 saturated heterocycles. The molecule has 0 atom stereocenters. The largest absolute Gasteiger partial charge is 1.00 e. The van der Waals surface area contributed by atoms with Crippen molar-refractivity contribution in [1.82, 2.24) is 4.57 Å². The number of hydrogen-bond acceptors (Lipinski definition) is 1. The molecule has 0 spiro atoms. The topological polar surface area (TPSA) is 7.94 Å². The van der Waals surface area contributed by atoms with Crippen molar-refractivity contribution in [2.45, 2.75) is 6.54 Å². The molecule has 4 rings (SSSR count). The maximum atomic E-state index is 2.45. The Balaban J connectivity index is 0.00000144. The third-order valence-corrected chi connectivity index (χ3v) is 4.81. The first-order chi connectivity index (χ1) is 10.3. The van der Waals surface area contributed by atoms with E-state index in [-0.39, 0.29) is 24.0 Å². The Hall–Kier alpha value is -1.40. The molecule has 0 amide bonds. The maximum Gasteiger partial charge on any atom is 0.231 e. The second-order valence-corrected chi connectivity index (χ2v) is 6.18. The predicted molar refractivity (Wildman–Crippen MR) is 88.4 cm³/mol. The average molecular weight is 420 g/mol. The number of halogens is 1. The molecule has 1 aliphatic rings. The predicted octanol–water partition coefficient (Wildman–Crippen LogP) is 0.714. The first kappa shape index (κ1) is 15.5. The van der Waals surface area contributed by atoms with Crippen LogP contribution in [0.2, 0.25) is 0 Å². The van der Waals surface area contributed by atoms with E-state index in [2.05, 4.69) is 75.5 Å². The Morgan fingerprint density at radius 3 is 2.45 bits per heavy atom. The minimum absolute atomic E-state index is 0. The molecule has 2 aromatic heterocycles. The van der Waals surface area contributed by atoms with Crippen LogP contribution >= 0.6 is 11.3 Å². The minimum atomic E-state index is 0. The van der Waals surface area contributed by atoms with E-state index in [1.807, 2.05) is 0 Å². The number of likely N-dealkylation sites (N-methyl/N-ethyl adjacent to an activating group) is 1. The lowest BCUT2D eigenvalue weighted by Gasteiger charge is -2.18. The van der Waals surface area contributed by atoms with Crippen LogP contribution < -0.4 is 24.0 Å². The SMILES string of the molecule is C[N+]1=C(c2ccccc2)c2ccc(-c3ccsc3)n2CC1.[I-]. The molecule has 0 radical (unpaired) electrons. The number of benzene rings is 1. The van der Waals surface area contributed by atoms with E-state index in [1.165, 1.54) is 28.2 Å². The van der Waals surface area contributed by atoms with Gasteiger partial charge >= 0.3 is 0 Å². The highest BCUT2D eigenvalue weighted by Gasteiger charge is 2.26. The van der Waals surface area contributed by atoms with Crippen LogP contribution in [0.5, 0.6) is 0 Å². The van der Waals surface area contributed by atoms with Crippen LogP contribution in [0.15, 0.2) is 59.3 Å². The lowest BCUT2D eigenvalue weighted by Crippen LogP contribution is -3.00. The van der Waals surface area contributed by atoms with Gasteiger partial charge in [-0.1, -0.05) is 18.2 Å². The molecule has 0 bridgehead atoms. The van der Waals surface area contributed by atoms with Gasteiger partial charge in [0.1, 0.15) is 12.7 Å². The summed E-state index contributed by atoms with van der Waals surface area (Å²) in [7, 11) is 2.18. The molecule has 0 saturated carbocycles. The quantitative estimate of drug-likeness (QED) is 0.427. The maximum absolute atomic E-state index is 2.45. The Morgan fingerprint density at radius 1 is 0.955 bits per heavy atom. The summed E-state index contributed by atoms with van der Waals surface area (Å²) in [5.74, 6) is 0. The average Bonchev–Trinajstić information content (AvgIpc) is 3.16. The molecule has 4 heteroatoms. The zero-order valence-electron chi connectivity index (χ0n) is 12.4. The second-order valence-electron chi connectivity index (χ2n) is 5.40. The highest BCUT2D eigenvalue weighted by molar-refractivity contribution is 7.08. The van der Waals surface area contributed by atoms with Crippen LogP contribution in [0.25, 0.3) is 11.3 Å². The zero-order chi connectivity index (χ0) is 14.2. The molecular formula is C18H17IN2S. The fourth-order valence-electron chi connectivity index (χ4n) is 3.10. The molecule has 1 aromatic carbocycles. The Kier molecular flexibility index (Phi) is 4.49. The molecule has 112 valence electrons. The summed E-state index contributed by atoms with van der Waals surface area (Å²) in [6.45, 7) is 2.09. The van der Waals surface area contributed by atoms with Crippen molar-refractivity contribution in [3.63, 3.8) is 0 Å². The van der Waals surface area contributed by atoms with Crippen molar-refractivity contribution in [3.8, 4) is 11.3 Å². The van der Waals surface area contributed by atoms with Gasteiger partial charge in [0.25, 0.3) is 0 Å². The lowest BCUT2D eigenvalue weighted by molar-refractivity contribution is -0.500. The van der Waals surface area contributed by atoms with Gasteiger partial charge < -0.3 is 28.5 Å². The fourth-order valence-corrected chi connectivity index (χ4v) is 3.75. The summed E-state index contributed by atoms with van der Waals surface area (Å²) in [5.41, 5.74) is 6.58. The number of aromatic nitrogens is 1. The molecule has 3 aromatic rings. The number of fused-ring (bicyclic) bond motifs is 1. The van der Waals surface area contributed by atoms with Crippen molar-refractivity contribution in [2.24, 2.45) is 0 Å². The number of nitrogens with zero attached hydrogens (tertiary/aromatic N) is 2. The van der Waals surface area contributed by atoms with Gasteiger partial charge in [0.2, 0.25) is 5.71 Å². The van der Waals surface area contributed by atoms with Crippen LogP contribution in [-0.4, -0.2) is 28.4 Å². The molecular weight excluding hydrogens is 403 g/mol. The zero-order valence-corrected chi connectivity index (χ0v) is 15.3. The summed E-state index contributed by atoms with van der Waals surface area (Å²) in [5, 5.41) is 4.37. The highest BCUT2D eigenvalue weighted by Crippen LogP contribution is 2.27. The molecule has 2 nitrogen and oxygen atoms in total. The summed E-state index contributed by atoms with van der Waals surface area (Å²) in [6, 6.07) is 17.4. The Labute approximate surface area is 151 Å². The van der Waals surface area contributed by atoms with Gasteiger partial charge in [0, 0.05) is 22.2 Å². The Morgan fingerprint density at radius 2 is 1.73 bits per heavy atom. The summed E-state index contributed by atoms with van der Waals surface area (Å²) >= 11 is 1.76. The summed E-state index contributed by atoms with van der Waals surface area (Å²) < 4.78 is 4.81. The molecule has 0 N–H and O–H groups in total. The van der Waals surface area contributed by atoms with Crippen LogP contribution in [0, 0.1) is 0 Å². The van der Waals surface area contributed by atoms with Gasteiger partial charge in [-0.3, -0.25) is 0 Å². The third kappa shape index (κ3) is 2.54. The minimum Gasteiger partial charge on any atom is -1.00 e. The molecule has 1 aliphatic heterocycles. The first-order valence-electron chi connectivity index (χ1n) is 7.20. The molecule has 0 fully saturated rings. The van der Waals surface area contributed by atoms with Gasteiger partial charge in [-0.2, -0.15) is 11.3 Å². The summed E-state index contributed by atoms with van der Waals surface area (Å²) in [6.07, 6.45) is 0. The Bertz CT molecular complexity index is 801. The van der Waals surface area contributed by atoms with Gasteiger partial charge in [-0.15, -0.1) is 0 Å². The van der Waals surface area contributed by atoms with Crippen LogP contribution in [0.3, 0.4) is 0 Å². The first-order valence-corrected chi connectivity index (χ1v) is 8.15. The van der Waals surface area contributed by atoms with E-state index in [4.69, 9.17) is 0 Å². The van der Waals surface area contributed by atoms with Crippen LogP contribution in [0.1, 0.15) is 11.3 Å². The van der Waals surface area contributed by atoms with E-state index in [0.29, 0.717) is 0 Å². The molecule has 0 aliphatic carbocycles. The van der Waals surface area contributed by atoms with Crippen molar-refractivity contribution in [3.05, 3.63) is 70.5 Å². The van der Waals surface area contributed by atoms with Crippen LogP contribution in [0.4, 0.5) is 0 Å². The van der Waals surface area contributed by atoms with Crippen molar-refractivity contribution >= 4 is 17.0 Å². The van der Waals surface area contributed by atoms with E-state index >= 15 is 0 Å². The van der Waals surface area contributed by atoms with Gasteiger partial charge in [-0.05, 0) is 35.7 Å². The number of thiophene rings is 1. The normalized spacial score (nSPS) is 13.7. The number of hydrogen-bond donors (Lipinski definition) is 0. The summed E-state index contributed by atoms with van der Waals surface area (Å²) in [4.78, 5) is 0. The molecule has 22 heavy (non-hydrogen) atoms. The smallest absolute Gasteiger partial charge is 0.231 e. The molecule has 3 heterocycles. The van der Waals surface area contributed by atoms with Gasteiger partial charge in [-0.25, -0.2) is 4.58 Å². The van der Waals surface area contributed by atoms with E-state index in [0.717, 1.165) is 13.1 Å². The third-order valence-electron chi connectivity index (χ3n) is 4.13. The number of rotatable bonds is 2. The highest BCUT2D eigenvalue weighted by atomic mass is 127. The van der Waals surface area contributed by atoms with E-state index < -0.39 is 0 Å². The van der Waals surface area contributed by atoms with Crippen LogP contribution in [-0.2, 0) is 6.54 Å². The van der Waals surface area contributed by atoms with E-state index in [9.17, 15) is 0 Å². The van der Waals surface area contributed by atoms with Gasteiger partial charge in [0.05, 0.1) is 6.54 Å². The van der Waals surface area contributed by atoms with E-state index in [1.54, 1.807) is 11.3 Å². The van der Waals surface area contributed by atoms with Gasteiger partial charge in [0.15, 0.2) is 6.54 Å². The second kappa shape index (κ2) is 6.38. The van der Waals surface area contributed by atoms with Crippen molar-refractivity contribution in [2.75, 3.05) is 13.6 Å². The monoisotopic (exact) mass is 420 g/mol. The molecule has 0 unspecified atom stereocenters.